The Morgan fingerprint density at radius 2 is 2.20 bits per heavy atom. The Morgan fingerprint density at radius 3 is 2.95 bits per heavy atom. The fourth-order valence-corrected chi connectivity index (χ4v) is 2.26. The molecule has 2 N–H and O–H groups in total. The monoisotopic (exact) mass is 277 g/mol. The largest absolute Gasteiger partial charge is 0.494 e. The topological polar surface area (TPSA) is 53.6 Å². The molecule has 1 aliphatic rings. The molecule has 1 heterocycles. The molecule has 1 aliphatic heterocycles. The van der Waals surface area contributed by atoms with Crippen molar-refractivity contribution < 1.29 is 9.53 Å². The van der Waals surface area contributed by atoms with Crippen LogP contribution in [0, 0.1) is 0 Å². The lowest BCUT2D eigenvalue weighted by Gasteiger charge is -2.27. The summed E-state index contributed by atoms with van der Waals surface area (Å²) in [7, 11) is 0. The minimum absolute atomic E-state index is 0.0401. The zero-order valence-electron chi connectivity index (χ0n) is 12.0. The van der Waals surface area contributed by atoms with E-state index in [1.807, 2.05) is 25.1 Å². The van der Waals surface area contributed by atoms with Gasteiger partial charge in [0.1, 0.15) is 5.75 Å². The lowest BCUT2D eigenvalue weighted by Crippen LogP contribution is -2.46. The van der Waals surface area contributed by atoms with Crippen molar-refractivity contribution in [3.63, 3.8) is 0 Å². The molecule has 0 bridgehead atoms. The van der Waals surface area contributed by atoms with Gasteiger partial charge in [0, 0.05) is 44.8 Å². The molecule has 1 saturated heterocycles. The molecular formula is C15H23N3O2. The van der Waals surface area contributed by atoms with E-state index >= 15 is 0 Å². The average Bonchev–Trinajstić information content (AvgIpc) is 2.49. The third-order valence-corrected chi connectivity index (χ3v) is 3.33. The number of hydrogen-bond acceptors (Lipinski definition) is 4. The first-order valence-corrected chi connectivity index (χ1v) is 7.23. The first-order chi connectivity index (χ1) is 9.79. The fourth-order valence-electron chi connectivity index (χ4n) is 2.26. The average molecular weight is 277 g/mol. The van der Waals surface area contributed by atoms with Gasteiger partial charge in [-0.25, -0.2) is 0 Å². The van der Waals surface area contributed by atoms with E-state index in [1.54, 1.807) is 6.07 Å². The maximum Gasteiger partial charge on any atom is 0.251 e. The van der Waals surface area contributed by atoms with Gasteiger partial charge in [-0.2, -0.15) is 0 Å². The normalized spacial score (nSPS) is 15.8. The molecule has 1 fully saturated rings. The number of nitrogens with zero attached hydrogens (tertiary/aromatic N) is 1. The number of ether oxygens (including phenoxy) is 1. The third kappa shape index (κ3) is 4.51. The van der Waals surface area contributed by atoms with Crippen LogP contribution in [0.5, 0.6) is 5.75 Å². The Kier molecular flexibility index (Phi) is 5.83. The molecule has 0 atom stereocenters. The Morgan fingerprint density at radius 1 is 1.40 bits per heavy atom. The van der Waals surface area contributed by atoms with Gasteiger partial charge in [0.15, 0.2) is 0 Å². The van der Waals surface area contributed by atoms with Crippen molar-refractivity contribution in [2.45, 2.75) is 6.92 Å². The van der Waals surface area contributed by atoms with Crippen LogP contribution in [0.2, 0.25) is 0 Å². The second kappa shape index (κ2) is 7.87. The maximum atomic E-state index is 12.0. The summed E-state index contributed by atoms with van der Waals surface area (Å²) in [4.78, 5) is 14.4. The first-order valence-electron chi connectivity index (χ1n) is 7.23. The summed E-state index contributed by atoms with van der Waals surface area (Å²) in [5.74, 6) is 0.698. The highest BCUT2D eigenvalue weighted by Crippen LogP contribution is 2.12. The van der Waals surface area contributed by atoms with Crippen molar-refractivity contribution in [2.75, 3.05) is 45.9 Å². The number of piperazine rings is 1. The van der Waals surface area contributed by atoms with Gasteiger partial charge in [0.25, 0.3) is 5.91 Å². The highest BCUT2D eigenvalue weighted by atomic mass is 16.5. The Labute approximate surface area is 120 Å². The van der Waals surface area contributed by atoms with Gasteiger partial charge >= 0.3 is 0 Å². The molecule has 2 rings (SSSR count). The van der Waals surface area contributed by atoms with E-state index in [-0.39, 0.29) is 5.91 Å². The van der Waals surface area contributed by atoms with Crippen LogP contribution >= 0.6 is 0 Å². The quantitative estimate of drug-likeness (QED) is 0.804. The van der Waals surface area contributed by atoms with Crippen LogP contribution in [0.4, 0.5) is 0 Å². The summed E-state index contributed by atoms with van der Waals surface area (Å²) in [6.07, 6.45) is 0. The van der Waals surface area contributed by atoms with Crippen molar-refractivity contribution >= 4 is 5.91 Å². The van der Waals surface area contributed by atoms with E-state index in [9.17, 15) is 4.79 Å². The highest BCUT2D eigenvalue weighted by Gasteiger charge is 2.10. The molecule has 1 amide bonds. The smallest absolute Gasteiger partial charge is 0.251 e. The summed E-state index contributed by atoms with van der Waals surface area (Å²) in [5, 5.41) is 6.27. The second-order valence-electron chi connectivity index (χ2n) is 4.81. The van der Waals surface area contributed by atoms with Gasteiger partial charge in [0.2, 0.25) is 0 Å². The molecule has 0 spiro atoms. The third-order valence-electron chi connectivity index (χ3n) is 3.33. The van der Waals surface area contributed by atoms with Gasteiger partial charge < -0.3 is 15.4 Å². The predicted molar refractivity (Wildman–Crippen MR) is 79.3 cm³/mol. The summed E-state index contributed by atoms with van der Waals surface area (Å²) in [5.41, 5.74) is 0.649. The number of nitrogens with one attached hydrogen (secondary N) is 2. The van der Waals surface area contributed by atoms with Crippen molar-refractivity contribution in [3.8, 4) is 5.75 Å². The van der Waals surface area contributed by atoms with Gasteiger partial charge in [0.05, 0.1) is 6.61 Å². The Balaban J connectivity index is 1.77. The van der Waals surface area contributed by atoms with Crippen molar-refractivity contribution in [1.29, 1.82) is 0 Å². The van der Waals surface area contributed by atoms with Crippen molar-refractivity contribution in [1.82, 2.24) is 15.5 Å². The van der Waals surface area contributed by atoms with Gasteiger partial charge in [-0.15, -0.1) is 0 Å². The van der Waals surface area contributed by atoms with Crippen LogP contribution in [0.1, 0.15) is 17.3 Å². The summed E-state index contributed by atoms with van der Waals surface area (Å²) >= 11 is 0. The fraction of sp³-hybridized carbons (Fsp3) is 0.533. The van der Waals surface area contributed by atoms with Gasteiger partial charge in [-0.1, -0.05) is 6.07 Å². The number of hydrogen-bond donors (Lipinski definition) is 2. The number of carbonyl (C=O) groups is 1. The summed E-state index contributed by atoms with van der Waals surface area (Å²) in [6.45, 7) is 8.28. The van der Waals surface area contributed by atoms with Gasteiger partial charge in [-0.05, 0) is 25.1 Å². The minimum Gasteiger partial charge on any atom is -0.494 e. The van der Waals surface area contributed by atoms with Crippen LogP contribution in [0.3, 0.4) is 0 Å². The van der Waals surface area contributed by atoms with Crippen molar-refractivity contribution in [2.24, 2.45) is 0 Å². The molecule has 5 heteroatoms. The molecule has 0 radical (unpaired) electrons. The van der Waals surface area contributed by atoms with Gasteiger partial charge in [-0.3, -0.25) is 9.69 Å². The number of carbonyl (C=O) groups excluding carboxylic acids is 1. The highest BCUT2D eigenvalue weighted by molar-refractivity contribution is 5.94. The molecule has 110 valence electrons. The van der Waals surface area contributed by atoms with E-state index in [1.165, 1.54) is 0 Å². The van der Waals surface area contributed by atoms with E-state index in [0.717, 1.165) is 38.5 Å². The van der Waals surface area contributed by atoms with E-state index in [2.05, 4.69) is 15.5 Å². The SMILES string of the molecule is CCOc1cccc(C(=O)NCCN2CCNCC2)c1. The zero-order valence-corrected chi connectivity index (χ0v) is 12.0. The number of amides is 1. The van der Waals surface area contributed by atoms with Crippen LogP contribution in [-0.2, 0) is 0 Å². The molecule has 1 aromatic carbocycles. The lowest BCUT2D eigenvalue weighted by molar-refractivity contribution is 0.0947. The van der Waals surface area contributed by atoms with E-state index in [4.69, 9.17) is 4.74 Å². The number of benzene rings is 1. The summed E-state index contributed by atoms with van der Waals surface area (Å²) < 4.78 is 5.40. The second-order valence-corrected chi connectivity index (χ2v) is 4.81. The maximum absolute atomic E-state index is 12.0. The predicted octanol–water partition coefficient (Wildman–Crippen LogP) is 0.720. The van der Waals surface area contributed by atoms with E-state index < -0.39 is 0 Å². The molecule has 20 heavy (non-hydrogen) atoms. The van der Waals surface area contributed by atoms with Crippen LogP contribution in [-0.4, -0.2) is 56.7 Å². The lowest BCUT2D eigenvalue weighted by atomic mass is 10.2. The van der Waals surface area contributed by atoms with Crippen LogP contribution in [0.15, 0.2) is 24.3 Å². The Bertz CT molecular complexity index is 431. The van der Waals surface area contributed by atoms with E-state index in [0.29, 0.717) is 18.7 Å². The molecule has 0 aliphatic carbocycles. The molecule has 5 nitrogen and oxygen atoms in total. The molecule has 0 saturated carbocycles. The summed E-state index contributed by atoms with van der Waals surface area (Å²) in [6, 6.07) is 7.30. The minimum atomic E-state index is -0.0401. The van der Waals surface area contributed by atoms with Crippen LogP contribution < -0.4 is 15.4 Å². The standard InChI is InChI=1S/C15H23N3O2/c1-2-20-14-5-3-4-13(12-14)15(19)17-8-11-18-9-6-16-7-10-18/h3-5,12,16H,2,6-11H2,1H3,(H,17,19). The molecular weight excluding hydrogens is 254 g/mol. The molecule has 1 aromatic rings. The van der Waals surface area contributed by atoms with Crippen molar-refractivity contribution in [3.05, 3.63) is 29.8 Å². The molecule has 0 aromatic heterocycles. The molecule has 0 unspecified atom stereocenters. The first kappa shape index (κ1) is 14.8. The Hall–Kier alpha value is -1.59. The van der Waals surface area contributed by atoms with Crippen LogP contribution in [0.25, 0.3) is 0 Å². The zero-order chi connectivity index (χ0) is 14.2. The number of rotatable bonds is 6.